The summed E-state index contributed by atoms with van der Waals surface area (Å²) in [5.74, 6) is 0.136. The minimum atomic E-state index is 0.136. The molecular formula is C15H19N3O. The van der Waals surface area contributed by atoms with Gasteiger partial charge in [0, 0.05) is 31.7 Å². The van der Waals surface area contributed by atoms with Gasteiger partial charge in [0.1, 0.15) is 0 Å². The zero-order valence-electron chi connectivity index (χ0n) is 11.5. The van der Waals surface area contributed by atoms with Gasteiger partial charge in [0.15, 0.2) is 5.78 Å². The lowest BCUT2D eigenvalue weighted by Crippen LogP contribution is -2.46. The van der Waals surface area contributed by atoms with Crippen LogP contribution in [0.3, 0.4) is 0 Å². The number of aryl methyl sites for hydroxylation is 1. The van der Waals surface area contributed by atoms with Gasteiger partial charge in [0.05, 0.1) is 18.2 Å². The standard InChI is InChI=1S/C15H19N3O/c1-12-9-13(3-4-14(12)10-16)15(19)11-18-7-5-17(2)6-8-18/h3-4,9H,5-8,11H2,1-2H3. The molecule has 0 amide bonds. The molecule has 1 aliphatic rings. The summed E-state index contributed by atoms with van der Waals surface area (Å²) < 4.78 is 0. The lowest BCUT2D eigenvalue weighted by molar-refractivity contribution is 0.0876. The van der Waals surface area contributed by atoms with Crippen molar-refractivity contribution in [2.24, 2.45) is 0 Å². The van der Waals surface area contributed by atoms with Crippen LogP contribution >= 0.6 is 0 Å². The van der Waals surface area contributed by atoms with Crippen molar-refractivity contribution in [3.8, 4) is 6.07 Å². The van der Waals surface area contributed by atoms with E-state index < -0.39 is 0 Å². The van der Waals surface area contributed by atoms with Gasteiger partial charge in [-0.2, -0.15) is 5.26 Å². The van der Waals surface area contributed by atoms with E-state index in [1.54, 1.807) is 12.1 Å². The van der Waals surface area contributed by atoms with Crippen LogP contribution in [0, 0.1) is 18.3 Å². The highest BCUT2D eigenvalue weighted by atomic mass is 16.1. The van der Waals surface area contributed by atoms with Gasteiger partial charge < -0.3 is 4.90 Å². The van der Waals surface area contributed by atoms with Crippen molar-refractivity contribution in [2.45, 2.75) is 6.92 Å². The number of hydrogen-bond acceptors (Lipinski definition) is 4. The van der Waals surface area contributed by atoms with Gasteiger partial charge in [-0.3, -0.25) is 9.69 Å². The van der Waals surface area contributed by atoms with Crippen LogP contribution in [0.1, 0.15) is 21.5 Å². The average Bonchev–Trinajstić information content (AvgIpc) is 2.41. The summed E-state index contributed by atoms with van der Waals surface area (Å²) in [7, 11) is 2.10. The van der Waals surface area contributed by atoms with Crippen LogP contribution in [0.15, 0.2) is 18.2 Å². The van der Waals surface area contributed by atoms with E-state index in [0.717, 1.165) is 31.7 Å². The van der Waals surface area contributed by atoms with Gasteiger partial charge >= 0.3 is 0 Å². The lowest BCUT2D eigenvalue weighted by atomic mass is 10.0. The summed E-state index contributed by atoms with van der Waals surface area (Å²) in [5, 5.41) is 8.89. The lowest BCUT2D eigenvalue weighted by Gasteiger charge is -2.31. The van der Waals surface area contributed by atoms with Crippen molar-refractivity contribution in [1.82, 2.24) is 9.80 Å². The summed E-state index contributed by atoms with van der Waals surface area (Å²) >= 11 is 0. The Labute approximate surface area is 114 Å². The highest BCUT2D eigenvalue weighted by Crippen LogP contribution is 2.11. The number of likely N-dealkylation sites (N-methyl/N-ethyl adjacent to an activating group) is 1. The maximum absolute atomic E-state index is 12.2. The van der Waals surface area contributed by atoms with E-state index in [1.165, 1.54) is 0 Å². The van der Waals surface area contributed by atoms with Crippen LogP contribution < -0.4 is 0 Å². The fourth-order valence-electron chi connectivity index (χ4n) is 2.26. The van der Waals surface area contributed by atoms with Crippen LogP contribution in [0.4, 0.5) is 0 Å². The molecule has 4 heteroatoms. The van der Waals surface area contributed by atoms with Crippen LogP contribution in [0.5, 0.6) is 0 Å². The van der Waals surface area contributed by atoms with Crippen molar-refractivity contribution in [3.05, 3.63) is 34.9 Å². The minimum absolute atomic E-state index is 0.136. The van der Waals surface area contributed by atoms with E-state index in [9.17, 15) is 4.79 Å². The molecule has 0 N–H and O–H groups in total. The predicted octanol–water partition coefficient (Wildman–Crippen LogP) is 1.30. The smallest absolute Gasteiger partial charge is 0.176 e. The molecule has 0 bridgehead atoms. The van der Waals surface area contributed by atoms with Gasteiger partial charge in [-0.25, -0.2) is 0 Å². The molecule has 0 aliphatic carbocycles. The number of benzene rings is 1. The van der Waals surface area contributed by atoms with E-state index in [-0.39, 0.29) is 5.78 Å². The SMILES string of the molecule is Cc1cc(C(=O)CN2CCN(C)CC2)ccc1C#N. The summed E-state index contributed by atoms with van der Waals surface area (Å²) in [6.45, 7) is 6.25. The molecule has 0 saturated carbocycles. The van der Waals surface area contributed by atoms with Gasteiger partial charge in [-0.1, -0.05) is 6.07 Å². The predicted molar refractivity (Wildman–Crippen MR) is 74.2 cm³/mol. The molecule has 1 saturated heterocycles. The number of Topliss-reactive ketones (excluding diaryl/α,β-unsaturated/α-hetero) is 1. The van der Waals surface area contributed by atoms with E-state index in [4.69, 9.17) is 5.26 Å². The third kappa shape index (κ3) is 3.40. The summed E-state index contributed by atoms with van der Waals surface area (Å²) in [6.07, 6.45) is 0. The van der Waals surface area contributed by atoms with Gasteiger partial charge in [0.2, 0.25) is 0 Å². The van der Waals surface area contributed by atoms with Crippen molar-refractivity contribution >= 4 is 5.78 Å². The molecule has 0 atom stereocenters. The van der Waals surface area contributed by atoms with Gasteiger partial charge in [-0.15, -0.1) is 0 Å². The molecule has 0 spiro atoms. The van der Waals surface area contributed by atoms with Crippen LogP contribution in [-0.2, 0) is 0 Å². The Kier molecular flexibility index (Phi) is 4.31. The first-order valence-corrected chi connectivity index (χ1v) is 6.55. The Morgan fingerprint density at radius 2 is 2.00 bits per heavy atom. The maximum Gasteiger partial charge on any atom is 0.176 e. The average molecular weight is 257 g/mol. The highest BCUT2D eigenvalue weighted by molar-refractivity contribution is 5.97. The van der Waals surface area contributed by atoms with E-state index in [2.05, 4.69) is 22.9 Å². The summed E-state index contributed by atoms with van der Waals surface area (Å²) in [4.78, 5) is 16.7. The number of rotatable bonds is 3. The molecule has 1 aromatic carbocycles. The normalized spacial score (nSPS) is 17.1. The summed E-state index contributed by atoms with van der Waals surface area (Å²) in [6, 6.07) is 7.42. The number of nitrogens with zero attached hydrogens (tertiary/aromatic N) is 3. The highest BCUT2D eigenvalue weighted by Gasteiger charge is 2.17. The molecule has 1 heterocycles. The van der Waals surface area contributed by atoms with Crippen molar-refractivity contribution in [1.29, 1.82) is 5.26 Å². The molecule has 100 valence electrons. The van der Waals surface area contributed by atoms with Gasteiger partial charge in [-0.05, 0) is 31.7 Å². The molecule has 1 aliphatic heterocycles. The Bertz CT molecular complexity index is 511. The van der Waals surface area contributed by atoms with Crippen molar-refractivity contribution in [2.75, 3.05) is 39.8 Å². The zero-order chi connectivity index (χ0) is 13.8. The Hall–Kier alpha value is -1.70. The topological polar surface area (TPSA) is 47.3 Å². The van der Waals surface area contributed by atoms with Crippen LogP contribution in [0.25, 0.3) is 0 Å². The van der Waals surface area contributed by atoms with Gasteiger partial charge in [0.25, 0.3) is 0 Å². The largest absolute Gasteiger partial charge is 0.304 e. The van der Waals surface area contributed by atoms with E-state index in [1.807, 2.05) is 13.0 Å². The summed E-state index contributed by atoms with van der Waals surface area (Å²) in [5.41, 5.74) is 2.21. The maximum atomic E-state index is 12.2. The van der Waals surface area contributed by atoms with E-state index in [0.29, 0.717) is 17.7 Å². The number of nitriles is 1. The molecule has 0 aromatic heterocycles. The van der Waals surface area contributed by atoms with E-state index >= 15 is 0 Å². The van der Waals surface area contributed by atoms with Crippen molar-refractivity contribution < 1.29 is 4.79 Å². The number of ketones is 1. The quantitative estimate of drug-likeness (QED) is 0.766. The second kappa shape index (κ2) is 5.96. The minimum Gasteiger partial charge on any atom is -0.304 e. The molecular weight excluding hydrogens is 238 g/mol. The fraction of sp³-hybridized carbons (Fsp3) is 0.467. The first-order chi connectivity index (χ1) is 9.10. The number of carbonyl (C=O) groups is 1. The Morgan fingerprint density at radius 1 is 1.32 bits per heavy atom. The van der Waals surface area contributed by atoms with Crippen LogP contribution in [-0.4, -0.2) is 55.4 Å². The molecule has 4 nitrogen and oxygen atoms in total. The number of hydrogen-bond donors (Lipinski definition) is 0. The fourth-order valence-corrected chi connectivity index (χ4v) is 2.26. The third-order valence-corrected chi connectivity index (χ3v) is 3.63. The second-order valence-electron chi connectivity index (χ2n) is 5.14. The Morgan fingerprint density at radius 3 is 2.58 bits per heavy atom. The number of piperazine rings is 1. The second-order valence-corrected chi connectivity index (χ2v) is 5.14. The molecule has 0 unspecified atom stereocenters. The molecule has 2 rings (SSSR count). The molecule has 1 fully saturated rings. The monoisotopic (exact) mass is 257 g/mol. The molecule has 1 aromatic rings. The Balaban J connectivity index is 2.00. The molecule has 0 radical (unpaired) electrons. The first-order valence-electron chi connectivity index (χ1n) is 6.55. The zero-order valence-corrected chi connectivity index (χ0v) is 11.5. The van der Waals surface area contributed by atoms with Crippen molar-refractivity contribution in [3.63, 3.8) is 0 Å². The first kappa shape index (κ1) is 13.7. The number of carbonyl (C=O) groups excluding carboxylic acids is 1. The molecule has 19 heavy (non-hydrogen) atoms. The van der Waals surface area contributed by atoms with Crippen LogP contribution in [0.2, 0.25) is 0 Å². The third-order valence-electron chi connectivity index (χ3n) is 3.63.